The van der Waals surface area contributed by atoms with E-state index in [9.17, 15) is 9.81 Å². The Labute approximate surface area is 146 Å². The SMILES string of the molecule is CC(N=O)C(C)(C)NCCC(CCN)CCNC(C)(C)C(C)N=O. The van der Waals surface area contributed by atoms with Crippen LogP contribution in [0.1, 0.15) is 60.8 Å². The molecule has 0 aromatic carbocycles. The van der Waals surface area contributed by atoms with Gasteiger partial charge in [-0.1, -0.05) is 10.4 Å². The first kappa shape index (κ1) is 23.1. The van der Waals surface area contributed by atoms with Gasteiger partial charge in [-0.25, -0.2) is 0 Å². The number of hydrogen-bond acceptors (Lipinski definition) is 7. The first-order valence-corrected chi connectivity index (χ1v) is 8.95. The monoisotopic (exact) mass is 343 g/mol. The fourth-order valence-corrected chi connectivity index (χ4v) is 2.42. The summed E-state index contributed by atoms with van der Waals surface area (Å²) < 4.78 is 0. The van der Waals surface area contributed by atoms with E-state index in [4.69, 9.17) is 5.73 Å². The Morgan fingerprint density at radius 3 is 1.50 bits per heavy atom. The van der Waals surface area contributed by atoms with Gasteiger partial charge in [-0.15, -0.1) is 0 Å². The summed E-state index contributed by atoms with van der Waals surface area (Å²) in [6, 6.07) is -0.546. The lowest BCUT2D eigenvalue weighted by Gasteiger charge is -2.31. The van der Waals surface area contributed by atoms with Gasteiger partial charge in [-0.05, 0) is 86.4 Å². The summed E-state index contributed by atoms with van der Waals surface area (Å²) in [4.78, 5) is 21.4. The molecule has 0 aromatic rings. The summed E-state index contributed by atoms with van der Waals surface area (Å²) in [5.41, 5.74) is 5.12. The minimum atomic E-state index is -0.305. The molecule has 0 aliphatic carbocycles. The summed E-state index contributed by atoms with van der Waals surface area (Å²) >= 11 is 0. The molecule has 0 fully saturated rings. The zero-order chi connectivity index (χ0) is 18.8. The number of nitrogens with zero attached hydrogens (tertiary/aromatic N) is 2. The van der Waals surface area contributed by atoms with Crippen molar-refractivity contribution in [1.29, 1.82) is 0 Å². The third kappa shape index (κ3) is 8.26. The van der Waals surface area contributed by atoms with Crippen LogP contribution in [0.25, 0.3) is 0 Å². The molecule has 0 spiro atoms. The quantitative estimate of drug-likeness (QED) is 0.420. The van der Waals surface area contributed by atoms with Crippen LogP contribution in [0, 0.1) is 15.7 Å². The highest BCUT2D eigenvalue weighted by Crippen LogP contribution is 2.17. The number of nitrogens with one attached hydrogen (secondary N) is 2. The smallest absolute Gasteiger partial charge is 0.107 e. The molecule has 0 aliphatic rings. The molecule has 24 heavy (non-hydrogen) atoms. The number of rotatable bonds is 14. The highest BCUT2D eigenvalue weighted by atomic mass is 16.3. The van der Waals surface area contributed by atoms with Gasteiger partial charge in [0.15, 0.2) is 0 Å². The van der Waals surface area contributed by atoms with Crippen LogP contribution >= 0.6 is 0 Å². The molecule has 0 amide bonds. The van der Waals surface area contributed by atoms with Crippen LogP contribution in [0.2, 0.25) is 0 Å². The molecule has 0 saturated carbocycles. The third-order valence-corrected chi connectivity index (χ3v) is 5.25. The predicted octanol–water partition coefficient (Wildman–Crippen LogP) is 2.78. The Kier molecular flexibility index (Phi) is 10.4. The second kappa shape index (κ2) is 10.8. The standard InChI is InChI=1S/C17H37N5O2/c1-13(21-23)16(3,4)19-11-8-15(7-10-18)9-12-20-17(5,6)14(2)22-24/h13-15,19-20H,7-12,18H2,1-6H3. The Balaban J connectivity index is 4.32. The zero-order valence-corrected chi connectivity index (χ0v) is 16.3. The Morgan fingerprint density at radius 2 is 1.21 bits per heavy atom. The van der Waals surface area contributed by atoms with E-state index in [1.807, 2.05) is 41.5 Å². The maximum absolute atomic E-state index is 10.7. The molecular weight excluding hydrogens is 306 g/mol. The van der Waals surface area contributed by atoms with Gasteiger partial charge in [0.25, 0.3) is 0 Å². The van der Waals surface area contributed by atoms with Crippen molar-refractivity contribution in [2.75, 3.05) is 19.6 Å². The van der Waals surface area contributed by atoms with E-state index < -0.39 is 0 Å². The molecule has 142 valence electrons. The van der Waals surface area contributed by atoms with Crippen molar-refractivity contribution in [3.8, 4) is 0 Å². The van der Waals surface area contributed by atoms with Gasteiger partial charge in [-0.2, -0.15) is 9.81 Å². The first-order chi connectivity index (χ1) is 11.1. The third-order valence-electron chi connectivity index (χ3n) is 5.25. The van der Waals surface area contributed by atoms with Crippen LogP contribution in [0.3, 0.4) is 0 Å². The van der Waals surface area contributed by atoms with Crippen molar-refractivity contribution in [1.82, 2.24) is 10.6 Å². The molecule has 0 saturated heterocycles. The van der Waals surface area contributed by atoms with Crippen molar-refractivity contribution in [3.05, 3.63) is 9.81 Å². The van der Waals surface area contributed by atoms with Crippen molar-refractivity contribution in [2.45, 2.75) is 84.0 Å². The van der Waals surface area contributed by atoms with Crippen molar-refractivity contribution in [3.63, 3.8) is 0 Å². The average molecular weight is 344 g/mol. The van der Waals surface area contributed by atoms with Crippen molar-refractivity contribution >= 4 is 0 Å². The number of nitrogens with two attached hydrogens (primary N) is 1. The lowest BCUT2D eigenvalue weighted by Crippen LogP contribution is -2.48. The fourth-order valence-electron chi connectivity index (χ4n) is 2.42. The molecule has 0 rings (SSSR count). The van der Waals surface area contributed by atoms with E-state index in [1.54, 1.807) is 0 Å². The highest BCUT2D eigenvalue weighted by Gasteiger charge is 2.27. The van der Waals surface area contributed by atoms with Crippen molar-refractivity contribution in [2.24, 2.45) is 22.0 Å². The average Bonchev–Trinajstić information content (AvgIpc) is 2.52. The van der Waals surface area contributed by atoms with E-state index in [1.165, 1.54) is 0 Å². The van der Waals surface area contributed by atoms with Crippen LogP contribution < -0.4 is 16.4 Å². The number of nitroso groups, excluding NO2 is 2. The van der Waals surface area contributed by atoms with Gasteiger partial charge in [0.2, 0.25) is 0 Å². The van der Waals surface area contributed by atoms with Gasteiger partial charge < -0.3 is 16.4 Å². The van der Waals surface area contributed by atoms with Crippen LogP contribution in [-0.2, 0) is 0 Å². The summed E-state index contributed by atoms with van der Waals surface area (Å²) in [6.07, 6.45) is 2.96. The fraction of sp³-hybridized carbons (Fsp3) is 1.00. The molecule has 7 nitrogen and oxygen atoms in total. The predicted molar refractivity (Wildman–Crippen MR) is 101 cm³/mol. The van der Waals surface area contributed by atoms with E-state index in [0.717, 1.165) is 32.4 Å². The van der Waals surface area contributed by atoms with Gasteiger partial charge >= 0.3 is 0 Å². The highest BCUT2D eigenvalue weighted by molar-refractivity contribution is 4.89. The molecule has 0 aromatic heterocycles. The van der Waals surface area contributed by atoms with E-state index in [2.05, 4.69) is 21.0 Å². The van der Waals surface area contributed by atoms with Crippen molar-refractivity contribution < 1.29 is 0 Å². The second-order valence-electron chi connectivity index (χ2n) is 7.88. The van der Waals surface area contributed by atoms with Gasteiger partial charge in [-0.3, -0.25) is 0 Å². The molecule has 0 heterocycles. The minimum Gasteiger partial charge on any atom is -0.330 e. The van der Waals surface area contributed by atoms with E-state index >= 15 is 0 Å². The molecule has 0 aliphatic heterocycles. The maximum atomic E-state index is 10.7. The van der Waals surface area contributed by atoms with Gasteiger partial charge in [0, 0.05) is 11.1 Å². The summed E-state index contributed by atoms with van der Waals surface area (Å²) in [5, 5.41) is 13.1. The van der Waals surface area contributed by atoms with Gasteiger partial charge in [0.1, 0.15) is 12.1 Å². The molecule has 2 unspecified atom stereocenters. The molecule has 7 heteroatoms. The molecular formula is C17H37N5O2. The minimum absolute atomic E-state index is 0.273. The Morgan fingerprint density at radius 1 is 0.833 bits per heavy atom. The maximum Gasteiger partial charge on any atom is 0.107 e. The van der Waals surface area contributed by atoms with Crippen LogP contribution in [0.15, 0.2) is 10.4 Å². The lowest BCUT2D eigenvalue weighted by molar-refractivity contribution is 0.292. The molecule has 0 radical (unpaired) electrons. The zero-order valence-electron chi connectivity index (χ0n) is 16.3. The molecule has 4 N–H and O–H groups in total. The lowest BCUT2D eigenvalue weighted by atomic mass is 9.93. The largest absolute Gasteiger partial charge is 0.330 e. The Bertz CT molecular complexity index is 342. The van der Waals surface area contributed by atoms with Crippen LogP contribution in [-0.4, -0.2) is 42.8 Å². The summed E-state index contributed by atoms with van der Waals surface area (Å²) in [5.74, 6) is 0.501. The second-order valence-corrected chi connectivity index (χ2v) is 7.88. The Hall–Kier alpha value is -0.920. The molecule has 2 atom stereocenters. The summed E-state index contributed by atoms with van der Waals surface area (Å²) in [6.45, 7) is 13.9. The number of hydrogen-bond donors (Lipinski definition) is 3. The van der Waals surface area contributed by atoms with E-state index in [-0.39, 0.29) is 23.2 Å². The van der Waals surface area contributed by atoms with Gasteiger partial charge in [0.05, 0.1) is 0 Å². The topological polar surface area (TPSA) is 109 Å². The molecule has 0 bridgehead atoms. The summed E-state index contributed by atoms with van der Waals surface area (Å²) in [7, 11) is 0. The normalized spacial score (nSPS) is 16.5. The first-order valence-electron chi connectivity index (χ1n) is 8.95. The van der Waals surface area contributed by atoms with E-state index in [0.29, 0.717) is 12.5 Å². The van der Waals surface area contributed by atoms with Crippen LogP contribution in [0.5, 0.6) is 0 Å². The van der Waals surface area contributed by atoms with Crippen LogP contribution in [0.4, 0.5) is 0 Å².